The summed E-state index contributed by atoms with van der Waals surface area (Å²) in [7, 11) is 0. The quantitative estimate of drug-likeness (QED) is 0.669. The van der Waals surface area contributed by atoms with E-state index in [9.17, 15) is 4.79 Å². The van der Waals surface area contributed by atoms with Gasteiger partial charge in [0, 0.05) is 6.20 Å². The fraction of sp³-hybridized carbons (Fsp3) is 0.182. The molecule has 1 aliphatic rings. The smallest absolute Gasteiger partial charge is 0.228 e. The van der Waals surface area contributed by atoms with Crippen molar-refractivity contribution in [1.29, 1.82) is 0 Å². The van der Waals surface area contributed by atoms with E-state index in [1.807, 2.05) is 35.5 Å². The van der Waals surface area contributed by atoms with Gasteiger partial charge in [-0.3, -0.25) is 14.8 Å². The van der Waals surface area contributed by atoms with Crippen molar-refractivity contribution in [1.82, 2.24) is 10.0 Å². The third kappa shape index (κ3) is 1.76. The predicted molar refractivity (Wildman–Crippen MR) is 53.9 cm³/mol. The zero-order valence-electron chi connectivity index (χ0n) is 7.84. The summed E-state index contributed by atoms with van der Waals surface area (Å²) < 4.78 is 0. The zero-order chi connectivity index (χ0) is 9.80. The second kappa shape index (κ2) is 3.96. The van der Waals surface area contributed by atoms with Gasteiger partial charge in [-0.05, 0) is 11.6 Å². The summed E-state index contributed by atoms with van der Waals surface area (Å²) in [6.07, 6.45) is 4.75. The molecule has 0 fully saturated rings. The molecule has 2 rings (SSSR count). The van der Waals surface area contributed by atoms with Gasteiger partial charge < -0.3 is 0 Å². The van der Waals surface area contributed by atoms with E-state index < -0.39 is 0 Å². The molecule has 0 radical (unpaired) electrons. The SMILES string of the molecule is O=CN1CC=CN1Cc1ccccc1. The molecule has 0 atom stereocenters. The van der Waals surface area contributed by atoms with Crippen LogP contribution in [-0.2, 0) is 11.3 Å². The third-order valence-corrected chi connectivity index (χ3v) is 2.21. The average molecular weight is 188 g/mol. The fourth-order valence-corrected chi connectivity index (χ4v) is 1.48. The number of carbonyl (C=O) groups excluding carboxylic acids is 1. The van der Waals surface area contributed by atoms with E-state index in [0.717, 1.165) is 13.0 Å². The molecule has 1 aromatic rings. The molecule has 0 spiro atoms. The summed E-state index contributed by atoms with van der Waals surface area (Å²) in [4.78, 5) is 10.7. The second-order valence-corrected chi connectivity index (χ2v) is 3.20. The highest BCUT2D eigenvalue weighted by Gasteiger charge is 2.13. The number of nitrogens with zero attached hydrogens (tertiary/aromatic N) is 2. The van der Waals surface area contributed by atoms with Crippen LogP contribution in [0.15, 0.2) is 42.6 Å². The molecule has 3 heteroatoms. The van der Waals surface area contributed by atoms with Crippen molar-refractivity contribution >= 4 is 6.41 Å². The first-order valence-corrected chi connectivity index (χ1v) is 4.59. The van der Waals surface area contributed by atoms with E-state index in [1.54, 1.807) is 5.01 Å². The molecule has 0 unspecified atom stereocenters. The van der Waals surface area contributed by atoms with Crippen molar-refractivity contribution in [3.05, 3.63) is 48.2 Å². The van der Waals surface area contributed by atoms with Gasteiger partial charge in [0.05, 0.1) is 13.1 Å². The number of hydrogen-bond donors (Lipinski definition) is 0. The van der Waals surface area contributed by atoms with E-state index in [-0.39, 0.29) is 0 Å². The lowest BCUT2D eigenvalue weighted by Crippen LogP contribution is -2.33. The Bertz CT molecular complexity index is 334. The topological polar surface area (TPSA) is 23.6 Å². The van der Waals surface area contributed by atoms with Crippen LogP contribution in [0.25, 0.3) is 0 Å². The third-order valence-electron chi connectivity index (χ3n) is 2.21. The van der Waals surface area contributed by atoms with Crippen LogP contribution < -0.4 is 0 Å². The lowest BCUT2D eigenvalue weighted by molar-refractivity contribution is -0.128. The summed E-state index contributed by atoms with van der Waals surface area (Å²) in [6.45, 7) is 1.42. The summed E-state index contributed by atoms with van der Waals surface area (Å²) >= 11 is 0. The second-order valence-electron chi connectivity index (χ2n) is 3.20. The Morgan fingerprint density at radius 1 is 1.29 bits per heavy atom. The minimum Gasteiger partial charge on any atom is -0.286 e. The molecule has 1 aromatic carbocycles. The van der Waals surface area contributed by atoms with Crippen molar-refractivity contribution in [3.8, 4) is 0 Å². The minimum atomic E-state index is 0.677. The Balaban J connectivity index is 2.04. The lowest BCUT2D eigenvalue weighted by Gasteiger charge is -2.25. The van der Waals surface area contributed by atoms with Gasteiger partial charge in [0.15, 0.2) is 0 Å². The van der Waals surface area contributed by atoms with Crippen molar-refractivity contribution < 1.29 is 4.79 Å². The molecule has 1 aliphatic heterocycles. The molecule has 0 aromatic heterocycles. The molecule has 0 saturated carbocycles. The molecule has 0 bridgehead atoms. The number of hydrogen-bond acceptors (Lipinski definition) is 2. The maximum atomic E-state index is 10.7. The van der Waals surface area contributed by atoms with E-state index >= 15 is 0 Å². The zero-order valence-corrected chi connectivity index (χ0v) is 7.84. The van der Waals surface area contributed by atoms with Crippen molar-refractivity contribution in [2.24, 2.45) is 0 Å². The van der Waals surface area contributed by atoms with Crippen molar-refractivity contribution in [2.45, 2.75) is 6.54 Å². The summed E-state index contributed by atoms with van der Waals surface area (Å²) in [5.74, 6) is 0. The number of carbonyl (C=O) groups is 1. The van der Waals surface area contributed by atoms with Crippen molar-refractivity contribution in [3.63, 3.8) is 0 Å². The van der Waals surface area contributed by atoms with Crippen LogP contribution in [0.4, 0.5) is 0 Å². The van der Waals surface area contributed by atoms with Crippen molar-refractivity contribution in [2.75, 3.05) is 6.54 Å². The fourth-order valence-electron chi connectivity index (χ4n) is 1.48. The predicted octanol–water partition coefficient (Wildman–Crippen LogP) is 1.39. The van der Waals surface area contributed by atoms with Gasteiger partial charge in [0.2, 0.25) is 6.41 Å². The van der Waals surface area contributed by atoms with Gasteiger partial charge in [-0.15, -0.1) is 0 Å². The molecule has 0 aliphatic carbocycles. The van der Waals surface area contributed by atoms with Gasteiger partial charge in [-0.1, -0.05) is 30.3 Å². The molecule has 1 amide bonds. The van der Waals surface area contributed by atoms with Crippen LogP contribution in [0.3, 0.4) is 0 Å². The molecule has 72 valence electrons. The van der Waals surface area contributed by atoms with E-state index in [0.29, 0.717) is 6.54 Å². The van der Waals surface area contributed by atoms with E-state index in [2.05, 4.69) is 12.1 Å². The Morgan fingerprint density at radius 2 is 2.07 bits per heavy atom. The van der Waals surface area contributed by atoms with E-state index in [1.165, 1.54) is 5.56 Å². The maximum absolute atomic E-state index is 10.7. The molecular formula is C11H12N2O. The van der Waals surface area contributed by atoms with E-state index in [4.69, 9.17) is 0 Å². The number of hydrazine groups is 1. The normalized spacial score (nSPS) is 14.9. The molecule has 1 heterocycles. The number of benzene rings is 1. The molecule has 3 nitrogen and oxygen atoms in total. The Hall–Kier alpha value is -1.77. The van der Waals surface area contributed by atoms with Crippen LogP contribution in [0.2, 0.25) is 0 Å². The molecule has 0 saturated heterocycles. The standard InChI is InChI=1S/C11H12N2O/c14-10-13-8-4-7-12(13)9-11-5-2-1-3-6-11/h1-7,10H,8-9H2. The summed E-state index contributed by atoms with van der Waals surface area (Å²) in [6, 6.07) is 10.1. The highest BCUT2D eigenvalue weighted by Crippen LogP contribution is 2.10. The summed E-state index contributed by atoms with van der Waals surface area (Å²) in [5.41, 5.74) is 1.20. The monoisotopic (exact) mass is 188 g/mol. The van der Waals surface area contributed by atoms with Crippen LogP contribution in [-0.4, -0.2) is 23.0 Å². The lowest BCUT2D eigenvalue weighted by atomic mass is 10.2. The first-order valence-electron chi connectivity index (χ1n) is 4.59. The van der Waals surface area contributed by atoms with Gasteiger partial charge in [0.1, 0.15) is 0 Å². The first kappa shape index (κ1) is 8.81. The Kier molecular flexibility index (Phi) is 2.49. The van der Waals surface area contributed by atoms with Crippen LogP contribution in [0.5, 0.6) is 0 Å². The Labute approximate surface area is 83.2 Å². The molecular weight excluding hydrogens is 176 g/mol. The highest BCUT2D eigenvalue weighted by molar-refractivity contribution is 5.47. The Morgan fingerprint density at radius 3 is 2.79 bits per heavy atom. The molecule has 0 N–H and O–H groups in total. The van der Waals surface area contributed by atoms with Gasteiger partial charge >= 0.3 is 0 Å². The number of amides is 1. The van der Waals surface area contributed by atoms with Crippen LogP contribution in [0.1, 0.15) is 5.56 Å². The van der Waals surface area contributed by atoms with Crippen LogP contribution in [0, 0.1) is 0 Å². The average Bonchev–Trinajstić information content (AvgIpc) is 2.67. The number of rotatable bonds is 3. The highest BCUT2D eigenvalue weighted by atomic mass is 16.1. The van der Waals surface area contributed by atoms with Gasteiger partial charge in [-0.25, -0.2) is 0 Å². The maximum Gasteiger partial charge on any atom is 0.228 e. The minimum absolute atomic E-state index is 0.677. The van der Waals surface area contributed by atoms with Gasteiger partial charge in [-0.2, -0.15) is 0 Å². The largest absolute Gasteiger partial charge is 0.286 e. The van der Waals surface area contributed by atoms with Crippen LogP contribution >= 0.6 is 0 Å². The first-order chi connectivity index (χ1) is 6.90. The summed E-state index contributed by atoms with van der Waals surface area (Å²) in [5, 5.41) is 3.55. The molecule has 14 heavy (non-hydrogen) atoms. The van der Waals surface area contributed by atoms with Gasteiger partial charge in [0.25, 0.3) is 0 Å².